The summed E-state index contributed by atoms with van der Waals surface area (Å²) in [6, 6.07) is 20.9. The second-order valence-electron chi connectivity index (χ2n) is 7.29. The van der Waals surface area contributed by atoms with Crippen LogP contribution in [-0.4, -0.2) is 10.1 Å². The minimum absolute atomic E-state index is 0.288. The normalized spacial score (nSPS) is 13.7. The summed E-state index contributed by atoms with van der Waals surface area (Å²) < 4.78 is 0. The highest BCUT2D eigenvalue weighted by Crippen LogP contribution is 2.36. The van der Waals surface area contributed by atoms with Gasteiger partial charge < -0.3 is 10.8 Å². The third kappa shape index (κ3) is 3.87. The molecule has 146 valence electrons. The number of rotatable bonds is 5. The highest BCUT2D eigenvalue weighted by molar-refractivity contribution is 5.84. The van der Waals surface area contributed by atoms with Crippen LogP contribution in [0.5, 0.6) is 0 Å². The van der Waals surface area contributed by atoms with Crippen molar-refractivity contribution in [1.29, 1.82) is 0 Å². The van der Waals surface area contributed by atoms with Crippen LogP contribution in [0.25, 0.3) is 28.0 Å². The van der Waals surface area contributed by atoms with Crippen molar-refractivity contribution in [3.05, 3.63) is 95.4 Å². The van der Waals surface area contributed by atoms with Crippen LogP contribution in [0.15, 0.2) is 78.6 Å². The number of nitrogens with two attached hydrogens (primary N) is 1. The molecule has 0 spiro atoms. The van der Waals surface area contributed by atoms with Crippen molar-refractivity contribution < 1.29 is 5.11 Å². The van der Waals surface area contributed by atoms with E-state index in [2.05, 4.69) is 55.5 Å². The summed E-state index contributed by atoms with van der Waals surface area (Å²) in [4.78, 5) is 4.96. The lowest BCUT2D eigenvalue weighted by Gasteiger charge is -2.19. The monoisotopic (exact) mass is 382 g/mol. The Hall–Kier alpha value is -3.17. The summed E-state index contributed by atoms with van der Waals surface area (Å²) in [5.41, 5.74) is 14.1. The Morgan fingerprint density at radius 2 is 1.66 bits per heavy atom. The van der Waals surface area contributed by atoms with Crippen LogP contribution in [-0.2, 0) is 13.0 Å². The molecule has 0 bridgehead atoms. The van der Waals surface area contributed by atoms with E-state index in [1.807, 2.05) is 24.3 Å². The fraction of sp³-hybridized carbons (Fsp3) is 0.192. The van der Waals surface area contributed by atoms with Gasteiger partial charge in [0.05, 0.1) is 11.4 Å². The molecule has 0 amide bonds. The molecule has 29 heavy (non-hydrogen) atoms. The maximum absolute atomic E-state index is 10.5. The number of aromatic nitrogens is 1. The molecule has 3 nitrogen and oxygen atoms in total. The Labute approximate surface area is 172 Å². The van der Waals surface area contributed by atoms with Crippen LogP contribution in [0.3, 0.4) is 0 Å². The Kier molecular flexibility index (Phi) is 5.59. The Balaban J connectivity index is 1.96. The molecule has 3 N–H and O–H groups in total. The van der Waals surface area contributed by atoms with Gasteiger partial charge in [0.1, 0.15) is 5.76 Å². The van der Waals surface area contributed by atoms with Gasteiger partial charge >= 0.3 is 0 Å². The average molecular weight is 383 g/mol. The number of aryl methyl sites for hydroxylation is 1. The number of pyridine rings is 1. The molecule has 3 aromatic rings. The highest BCUT2D eigenvalue weighted by atomic mass is 16.3. The Morgan fingerprint density at radius 3 is 2.31 bits per heavy atom. The third-order valence-corrected chi connectivity index (χ3v) is 5.46. The van der Waals surface area contributed by atoms with Crippen LogP contribution in [0.4, 0.5) is 0 Å². The number of aliphatic hydroxyl groups is 1. The predicted molar refractivity (Wildman–Crippen MR) is 120 cm³/mol. The molecule has 0 aliphatic heterocycles. The first-order valence-electron chi connectivity index (χ1n) is 10.2. The van der Waals surface area contributed by atoms with Crippen molar-refractivity contribution in [2.75, 3.05) is 0 Å². The molecule has 1 heterocycles. The lowest BCUT2D eigenvalue weighted by Crippen LogP contribution is -2.09. The van der Waals surface area contributed by atoms with Crippen LogP contribution >= 0.6 is 0 Å². The zero-order chi connectivity index (χ0) is 20.2. The topological polar surface area (TPSA) is 59.1 Å². The first-order chi connectivity index (χ1) is 14.2. The molecule has 0 fully saturated rings. The summed E-state index contributed by atoms with van der Waals surface area (Å²) >= 11 is 0. The van der Waals surface area contributed by atoms with Gasteiger partial charge in [0, 0.05) is 23.2 Å². The maximum atomic E-state index is 10.5. The minimum Gasteiger partial charge on any atom is -0.508 e. The molecule has 4 rings (SSSR count). The van der Waals surface area contributed by atoms with Gasteiger partial charge in [-0.15, -0.1) is 0 Å². The zero-order valence-corrected chi connectivity index (χ0v) is 16.7. The van der Waals surface area contributed by atoms with Crippen molar-refractivity contribution >= 4 is 5.57 Å². The van der Waals surface area contributed by atoms with E-state index >= 15 is 0 Å². The van der Waals surface area contributed by atoms with Gasteiger partial charge in [-0.3, -0.25) is 0 Å². The molecule has 1 aromatic heterocycles. The smallest absolute Gasteiger partial charge is 0.120 e. The SMILES string of the molecule is CCc1ccc(-c2cc(-c3ccccc3)nc(C3=CCCC=C3O)c2CN)cc1. The van der Waals surface area contributed by atoms with E-state index in [1.54, 1.807) is 0 Å². The van der Waals surface area contributed by atoms with Gasteiger partial charge in [0.25, 0.3) is 0 Å². The summed E-state index contributed by atoms with van der Waals surface area (Å²) in [5, 5.41) is 10.5. The van der Waals surface area contributed by atoms with Crippen LogP contribution < -0.4 is 5.73 Å². The molecule has 0 atom stereocenters. The first kappa shape index (κ1) is 19.2. The highest BCUT2D eigenvalue weighted by Gasteiger charge is 2.20. The molecule has 0 saturated carbocycles. The van der Waals surface area contributed by atoms with E-state index in [1.165, 1.54) is 5.56 Å². The number of hydrogen-bond donors (Lipinski definition) is 2. The third-order valence-electron chi connectivity index (χ3n) is 5.46. The summed E-state index contributed by atoms with van der Waals surface area (Å²) in [5.74, 6) is 0.288. The summed E-state index contributed by atoms with van der Waals surface area (Å²) in [6.45, 7) is 2.51. The van der Waals surface area contributed by atoms with Crippen LogP contribution in [0.1, 0.15) is 36.6 Å². The molecule has 1 aliphatic rings. The van der Waals surface area contributed by atoms with Crippen molar-refractivity contribution in [3.63, 3.8) is 0 Å². The fourth-order valence-corrected chi connectivity index (χ4v) is 3.82. The molecular weight excluding hydrogens is 356 g/mol. The van der Waals surface area contributed by atoms with E-state index in [9.17, 15) is 5.11 Å². The zero-order valence-electron chi connectivity index (χ0n) is 16.7. The van der Waals surface area contributed by atoms with E-state index in [0.29, 0.717) is 6.54 Å². The van der Waals surface area contributed by atoms with E-state index in [4.69, 9.17) is 10.7 Å². The summed E-state index contributed by atoms with van der Waals surface area (Å²) in [7, 11) is 0. The number of allylic oxidation sites excluding steroid dienone is 3. The minimum atomic E-state index is 0.288. The summed E-state index contributed by atoms with van der Waals surface area (Å²) in [6.07, 6.45) is 6.67. The molecule has 3 heteroatoms. The largest absolute Gasteiger partial charge is 0.508 e. The molecule has 2 aromatic carbocycles. The van der Waals surface area contributed by atoms with Gasteiger partial charge in [-0.2, -0.15) is 0 Å². The van der Waals surface area contributed by atoms with Crippen LogP contribution in [0.2, 0.25) is 0 Å². The van der Waals surface area contributed by atoms with Gasteiger partial charge in [-0.25, -0.2) is 4.98 Å². The Morgan fingerprint density at radius 1 is 0.931 bits per heavy atom. The van der Waals surface area contributed by atoms with Gasteiger partial charge in [0.15, 0.2) is 0 Å². The molecule has 0 unspecified atom stereocenters. The number of benzene rings is 2. The van der Waals surface area contributed by atoms with Crippen molar-refractivity contribution in [3.8, 4) is 22.4 Å². The number of nitrogens with zero attached hydrogens (tertiary/aromatic N) is 1. The van der Waals surface area contributed by atoms with Crippen molar-refractivity contribution in [2.45, 2.75) is 32.7 Å². The number of hydrogen-bond acceptors (Lipinski definition) is 3. The quantitative estimate of drug-likeness (QED) is 0.564. The fourth-order valence-electron chi connectivity index (χ4n) is 3.82. The second kappa shape index (κ2) is 8.46. The second-order valence-corrected chi connectivity index (χ2v) is 7.29. The predicted octanol–water partition coefficient (Wildman–Crippen LogP) is 6.06. The van der Waals surface area contributed by atoms with Crippen LogP contribution in [0, 0.1) is 0 Å². The van der Waals surface area contributed by atoms with Gasteiger partial charge in [0.2, 0.25) is 0 Å². The van der Waals surface area contributed by atoms with E-state index < -0.39 is 0 Å². The van der Waals surface area contributed by atoms with E-state index in [0.717, 1.165) is 58.5 Å². The van der Waals surface area contributed by atoms with Crippen molar-refractivity contribution in [1.82, 2.24) is 4.98 Å². The standard InChI is InChI=1S/C26H26N2O/c1-2-18-12-14-19(15-13-18)22-16-24(20-8-4-3-5-9-20)28-26(23(22)17-27)21-10-6-7-11-25(21)29/h3-5,8-16,29H,2,6-7,17,27H2,1H3. The molecule has 0 saturated heterocycles. The number of aliphatic hydroxyl groups excluding tert-OH is 1. The molecular formula is C26H26N2O. The van der Waals surface area contributed by atoms with Gasteiger partial charge in [-0.05, 0) is 48.1 Å². The van der Waals surface area contributed by atoms with Gasteiger partial charge in [-0.1, -0.05) is 67.6 Å². The van der Waals surface area contributed by atoms with E-state index in [-0.39, 0.29) is 5.76 Å². The molecule has 1 aliphatic carbocycles. The lowest BCUT2D eigenvalue weighted by molar-refractivity contribution is 0.432. The first-order valence-corrected chi connectivity index (χ1v) is 10.2. The maximum Gasteiger partial charge on any atom is 0.120 e. The van der Waals surface area contributed by atoms with Crippen molar-refractivity contribution in [2.24, 2.45) is 5.73 Å². The average Bonchev–Trinajstić information content (AvgIpc) is 2.79. The molecule has 0 radical (unpaired) electrons. The lowest BCUT2D eigenvalue weighted by atomic mass is 9.91. The Bertz CT molecular complexity index is 1060.